The Hall–Kier alpha value is -0.830. The average Bonchev–Trinajstić information content (AvgIpc) is 2.97. The normalized spacial score (nSPS) is 26.6. The Kier molecular flexibility index (Phi) is 3.87. The quantitative estimate of drug-likeness (QED) is 0.870. The zero-order valence-corrected chi connectivity index (χ0v) is 11.1. The molecular weight excluding hydrogens is 212 g/mol. The standard InChI is InChI=1S/C14H24N2O/c1-4-11-5-6-12(9-11)14(17)13-7-8-15-16(13)10(2)3/h7-8,10-12,14,17H,4-6,9H2,1-3H3. The first-order valence-electron chi connectivity index (χ1n) is 6.85. The molecule has 17 heavy (non-hydrogen) atoms. The van der Waals surface area contributed by atoms with Gasteiger partial charge in [-0.25, -0.2) is 0 Å². The maximum atomic E-state index is 10.5. The molecule has 0 spiro atoms. The molecule has 2 rings (SSSR count). The van der Waals surface area contributed by atoms with Gasteiger partial charge in [-0.15, -0.1) is 0 Å². The van der Waals surface area contributed by atoms with E-state index in [9.17, 15) is 5.11 Å². The second-order valence-electron chi connectivity index (χ2n) is 5.59. The first kappa shape index (κ1) is 12.6. The Morgan fingerprint density at radius 3 is 2.82 bits per heavy atom. The molecule has 3 unspecified atom stereocenters. The van der Waals surface area contributed by atoms with E-state index >= 15 is 0 Å². The Morgan fingerprint density at radius 1 is 1.47 bits per heavy atom. The lowest BCUT2D eigenvalue weighted by Crippen LogP contribution is -2.16. The van der Waals surface area contributed by atoms with Crippen molar-refractivity contribution in [3.8, 4) is 0 Å². The third-order valence-electron chi connectivity index (χ3n) is 4.10. The molecule has 0 aliphatic heterocycles. The van der Waals surface area contributed by atoms with Gasteiger partial charge in [0.15, 0.2) is 0 Å². The summed E-state index contributed by atoms with van der Waals surface area (Å²) in [7, 11) is 0. The summed E-state index contributed by atoms with van der Waals surface area (Å²) < 4.78 is 1.95. The molecule has 0 saturated heterocycles. The highest BCUT2D eigenvalue weighted by Crippen LogP contribution is 2.40. The zero-order valence-electron chi connectivity index (χ0n) is 11.1. The van der Waals surface area contributed by atoms with Gasteiger partial charge < -0.3 is 5.11 Å². The molecule has 0 radical (unpaired) electrons. The van der Waals surface area contributed by atoms with E-state index in [1.807, 2.05) is 10.7 Å². The van der Waals surface area contributed by atoms with E-state index in [2.05, 4.69) is 25.9 Å². The fraction of sp³-hybridized carbons (Fsp3) is 0.786. The summed E-state index contributed by atoms with van der Waals surface area (Å²) in [6.45, 7) is 6.46. The van der Waals surface area contributed by atoms with Crippen molar-refractivity contribution in [2.45, 2.75) is 58.6 Å². The van der Waals surface area contributed by atoms with Crippen molar-refractivity contribution in [3.05, 3.63) is 18.0 Å². The smallest absolute Gasteiger partial charge is 0.0984 e. The number of hydrogen-bond acceptors (Lipinski definition) is 2. The van der Waals surface area contributed by atoms with E-state index in [0.29, 0.717) is 12.0 Å². The third kappa shape index (κ3) is 2.54. The topological polar surface area (TPSA) is 38.1 Å². The van der Waals surface area contributed by atoms with Crippen molar-refractivity contribution >= 4 is 0 Å². The summed E-state index contributed by atoms with van der Waals surface area (Å²) in [6.07, 6.45) is 6.30. The van der Waals surface area contributed by atoms with Gasteiger partial charge in [-0.3, -0.25) is 4.68 Å². The van der Waals surface area contributed by atoms with Crippen LogP contribution in [0, 0.1) is 11.8 Å². The third-order valence-corrected chi connectivity index (χ3v) is 4.10. The van der Waals surface area contributed by atoms with Crippen LogP contribution in [0.3, 0.4) is 0 Å². The summed E-state index contributed by atoms with van der Waals surface area (Å²) in [5, 5.41) is 14.8. The summed E-state index contributed by atoms with van der Waals surface area (Å²) in [4.78, 5) is 0. The highest BCUT2D eigenvalue weighted by molar-refractivity contribution is 5.07. The van der Waals surface area contributed by atoms with Crippen LogP contribution in [0.25, 0.3) is 0 Å². The van der Waals surface area contributed by atoms with Crippen molar-refractivity contribution < 1.29 is 5.11 Å². The molecule has 1 saturated carbocycles. The van der Waals surface area contributed by atoms with Gasteiger partial charge in [0.05, 0.1) is 11.8 Å². The molecule has 1 aliphatic rings. The first-order chi connectivity index (χ1) is 8.13. The number of rotatable bonds is 4. The second-order valence-corrected chi connectivity index (χ2v) is 5.59. The highest BCUT2D eigenvalue weighted by Gasteiger charge is 2.31. The van der Waals surface area contributed by atoms with Crippen LogP contribution in [0.5, 0.6) is 0 Å². The lowest BCUT2D eigenvalue weighted by atomic mass is 9.96. The maximum absolute atomic E-state index is 10.5. The Balaban J connectivity index is 2.09. The van der Waals surface area contributed by atoms with Crippen LogP contribution in [0.1, 0.15) is 64.3 Å². The van der Waals surface area contributed by atoms with E-state index in [4.69, 9.17) is 0 Å². The molecular formula is C14H24N2O. The minimum Gasteiger partial charge on any atom is -0.387 e. The van der Waals surface area contributed by atoms with Crippen LogP contribution in [0.4, 0.5) is 0 Å². The molecule has 1 aromatic rings. The van der Waals surface area contributed by atoms with Crippen molar-refractivity contribution in [2.75, 3.05) is 0 Å². The molecule has 0 amide bonds. The van der Waals surface area contributed by atoms with E-state index in [0.717, 1.165) is 18.0 Å². The Morgan fingerprint density at radius 2 is 2.24 bits per heavy atom. The molecule has 0 aromatic carbocycles. The minimum atomic E-state index is -0.337. The van der Waals surface area contributed by atoms with Crippen LogP contribution in [0.2, 0.25) is 0 Å². The van der Waals surface area contributed by atoms with Crippen molar-refractivity contribution in [1.29, 1.82) is 0 Å². The van der Waals surface area contributed by atoms with Crippen LogP contribution < -0.4 is 0 Å². The first-order valence-corrected chi connectivity index (χ1v) is 6.85. The fourth-order valence-corrected chi connectivity index (χ4v) is 3.00. The molecule has 1 aromatic heterocycles. The molecule has 96 valence electrons. The van der Waals surface area contributed by atoms with E-state index < -0.39 is 0 Å². The zero-order chi connectivity index (χ0) is 12.4. The molecule has 1 N–H and O–H groups in total. The van der Waals surface area contributed by atoms with Gasteiger partial charge in [0.25, 0.3) is 0 Å². The van der Waals surface area contributed by atoms with E-state index in [1.54, 1.807) is 6.20 Å². The van der Waals surface area contributed by atoms with Crippen LogP contribution in [-0.4, -0.2) is 14.9 Å². The lowest BCUT2D eigenvalue weighted by Gasteiger charge is -2.21. The van der Waals surface area contributed by atoms with Crippen LogP contribution in [-0.2, 0) is 0 Å². The highest BCUT2D eigenvalue weighted by atomic mass is 16.3. The molecule has 3 nitrogen and oxygen atoms in total. The summed E-state index contributed by atoms with van der Waals surface area (Å²) in [5.74, 6) is 1.24. The summed E-state index contributed by atoms with van der Waals surface area (Å²) in [6, 6.07) is 2.28. The van der Waals surface area contributed by atoms with E-state index in [1.165, 1.54) is 19.3 Å². The lowest BCUT2D eigenvalue weighted by molar-refractivity contribution is 0.0982. The van der Waals surface area contributed by atoms with Gasteiger partial charge in [-0.05, 0) is 44.6 Å². The SMILES string of the molecule is CCC1CCC(C(O)c2ccnn2C(C)C)C1. The number of nitrogens with zero attached hydrogens (tertiary/aromatic N) is 2. The predicted octanol–water partition coefficient (Wildman–Crippen LogP) is 3.32. The van der Waals surface area contributed by atoms with E-state index in [-0.39, 0.29) is 6.10 Å². The monoisotopic (exact) mass is 236 g/mol. The summed E-state index contributed by atoms with van der Waals surface area (Å²) >= 11 is 0. The van der Waals surface area contributed by atoms with Gasteiger partial charge in [0.1, 0.15) is 0 Å². The van der Waals surface area contributed by atoms with Gasteiger partial charge >= 0.3 is 0 Å². The van der Waals surface area contributed by atoms with Crippen molar-refractivity contribution in [3.63, 3.8) is 0 Å². The molecule has 3 atom stereocenters. The van der Waals surface area contributed by atoms with Gasteiger partial charge in [-0.1, -0.05) is 19.8 Å². The minimum absolute atomic E-state index is 0.318. The Labute approximate surface area is 104 Å². The summed E-state index contributed by atoms with van der Waals surface area (Å²) in [5.41, 5.74) is 0.988. The van der Waals surface area contributed by atoms with Crippen molar-refractivity contribution in [1.82, 2.24) is 9.78 Å². The molecule has 1 heterocycles. The number of aliphatic hydroxyl groups excluding tert-OH is 1. The molecule has 0 bridgehead atoms. The molecule has 1 aliphatic carbocycles. The van der Waals surface area contributed by atoms with Crippen LogP contribution in [0.15, 0.2) is 12.3 Å². The van der Waals surface area contributed by atoms with Gasteiger partial charge in [0.2, 0.25) is 0 Å². The number of aromatic nitrogens is 2. The second kappa shape index (κ2) is 5.21. The largest absolute Gasteiger partial charge is 0.387 e. The average molecular weight is 236 g/mol. The van der Waals surface area contributed by atoms with Crippen LogP contribution >= 0.6 is 0 Å². The Bertz CT molecular complexity index is 359. The van der Waals surface area contributed by atoms with Gasteiger partial charge in [0, 0.05) is 12.2 Å². The number of hydrogen-bond donors (Lipinski definition) is 1. The predicted molar refractivity (Wildman–Crippen MR) is 68.7 cm³/mol. The van der Waals surface area contributed by atoms with Crippen molar-refractivity contribution in [2.24, 2.45) is 11.8 Å². The van der Waals surface area contributed by atoms with Gasteiger partial charge in [-0.2, -0.15) is 5.10 Å². The maximum Gasteiger partial charge on any atom is 0.0984 e. The molecule has 1 fully saturated rings. The molecule has 3 heteroatoms. The number of aliphatic hydroxyl groups is 1. The fourth-order valence-electron chi connectivity index (χ4n) is 3.00.